The van der Waals surface area contributed by atoms with E-state index >= 15 is 0 Å². The van der Waals surface area contributed by atoms with E-state index in [4.69, 9.17) is 5.84 Å². The van der Waals surface area contributed by atoms with Crippen molar-refractivity contribution in [3.8, 4) is 0 Å². The molecule has 0 spiro atoms. The van der Waals surface area contributed by atoms with E-state index in [0.717, 1.165) is 19.5 Å². The molecule has 1 aliphatic rings. The fourth-order valence-corrected chi connectivity index (χ4v) is 2.40. The highest BCUT2D eigenvalue weighted by Crippen LogP contribution is 2.31. The van der Waals surface area contributed by atoms with Crippen molar-refractivity contribution in [2.24, 2.45) is 17.2 Å². The van der Waals surface area contributed by atoms with Crippen LogP contribution in [0.2, 0.25) is 0 Å². The highest BCUT2D eigenvalue weighted by atomic mass is 16.3. The molecule has 1 fully saturated rings. The van der Waals surface area contributed by atoms with Gasteiger partial charge in [0.05, 0.1) is 12.0 Å². The zero-order chi connectivity index (χ0) is 13.2. The predicted octanol–water partition coefficient (Wildman–Crippen LogP) is 0.0937. The lowest BCUT2D eigenvalue weighted by Crippen LogP contribution is -2.54. The fourth-order valence-electron chi connectivity index (χ4n) is 2.40. The number of piperidine rings is 1. The highest BCUT2D eigenvalue weighted by Gasteiger charge is 2.37. The second-order valence-corrected chi connectivity index (χ2v) is 5.80. The number of hydrogen-bond donors (Lipinski definition) is 3. The van der Waals surface area contributed by atoms with E-state index in [1.165, 1.54) is 0 Å². The Morgan fingerprint density at radius 2 is 2.12 bits per heavy atom. The molecule has 0 bridgehead atoms. The Bertz CT molecular complexity index is 281. The molecule has 0 aromatic rings. The number of likely N-dealkylation sites (tertiary alicyclic amines) is 1. The summed E-state index contributed by atoms with van der Waals surface area (Å²) in [5.74, 6) is 4.87. The molecule has 5 nitrogen and oxygen atoms in total. The van der Waals surface area contributed by atoms with Crippen molar-refractivity contribution in [3.05, 3.63) is 0 Å². The number of aliphatic hydroxyl groups is 1. The van der Waals surface area contributed by atoms with Crippen molar-refractivity contribution in [1.82, 2.24) is 10.3 Å². The third-order valence-corrected chi connectivity index (χ3v) is 4.06. The molecule has 0 aromatic carbocycles. The molecule has 0 saturated carbocycles. The number of carbonyl (C=O) groups excluding carboxylic acids is 1. The lowest BCUT2D eigenvalue weighted by atomic mass is 9.80. The molecule has 100 valence electrons. The van der Waals surface area contributed by atoms with E-state index in [1.807, 2.05) is 13.8 Å². The van der Waals surface area contributed by atoms with E-state index in [-0.39, 0.29) is 29.4 Å². The quantitative estimate of drug-likeness (QED) is 0.373. The molecule has 5 heteroatoms. The maximum atomic E-state index is 11.5. The summed E-state index contributed by atoms with van der Waals surface area (Å²) in [5, 5.41) is 9.90. The SMILES string of the molecule is CC(C(=O)NN)C(C)N1CCC(O)C(C)(C)C1. The molecule has 1 rings (SSSR count). The number of rotatable bonds is 3. The molecule has 0 aliphatic carbocycles. The number of nitrogens with zero attached hydrogens (tertiary/aromatic N) is 1. The Balaban J connectivity index is 2.65. The van der Waals surface area contributed by atoms with E-state index in [2.05, 4.69) is 24.2 Å². The van der Waals surface area contributed by atoms with Gasteiger partial charge in [-0.3, -0.25) is 15.1 Å². The standard InChI is InChI=1S/C12H25N3O2/c1-8(11(17)14-13)9(2)15-6-5-10(16)12(3,4)7-15/h8-10,16H,5-7,13H2,1-4H3,(H,14,17). The first-order valence-electron chi connectivity index (χ1n) is 6.22. The first-order chi connectivity index (χ1) is 7.79. The largest absolute Gasteiger partial charge is 0.392 e. The smallest absolute Gasteiger partial charge is 0.238 e. The Labute approximate surface area is 103 Å². The van der Waals surface area contributed by atoms with Crippen LogP contribution < -0.4 is 11.3 Å². The molecule has 17 heavy (non-hydrogen) atoms. The third-order valence-electron chi connectivity index (χ3n) is 4.06. The minimum Gasteiger partial charge on any atom is -0.392 e. The van der Waals surface area contributed by atoms with Crippen LogP contribution in [-0.2, 0) is 4.79 Å². The summed E-state index contributed by atoms with van der Waals surface area (Å²) >= 11 is 0. The summed E-state index contributed by atoms with van der Waals surface area (Å²) in [4.78, 5) is 13.8. The van der Waals surface area contributed by atoms with Crippen LogP contribution >= 0.6 is 0 Å². The maximum Gasteiger partial charge on any atom is 0.238 e. The molecule has 0 aromatic heterocycles. The molecule has 0 radical (unpaired) electrons. The maximum absolute atomic E-state index is 11.5. The average molecular weight is 243 g/mol. The van der Waals surface area contributed by atoms with Crippen molar-refractivity contribution in [2.45, 2.75) is 46.3 Å². The Hall–Kier alpha value is -0.650. The van der Waals surface area contributed by atoms with E-state index < -0.39 is 0 Å². The van der Waals surface area contributed by atoms with Gasteiger partial charge in [-0.1, -0.05) is 20.8 Å². The third kappa shape index (κ3) is 3.18. The normalized spacial score (nSPS) is 28.5. The zero-order valence-corrected chi connectivity index (χ0v) is 11.2. The van der Waals surface area contributed by atoms with Crippen molar-refractivity contribution in [1.29, 1.82) is 0 Å². The van der Waals surface area contributed by atoms with Gasteiger partial charge >= 0.3 is 0 Å². The van der Waals surface area contributed by atoms with E-state index in [9.17, 15) is 9.90 Å². The van der Waals surface area contributed by atoms with E-state index in [1.54, 1.807) is 0 Å². The number of hydrogen-bond acceptors (Lipinski definition) is 4. The summed E-state index contributed by atoms with van der Waals surface area (Å²) in [5.41, 5.74) is 2.08. The number of hydrazine groups is 1. The predicted molar refractivity (Wildman–Crippen MR) is 66.9 cm³/mol. The Morgan fingerprint density at radius 1 is 1.53 bits per heavy atom. The van der Waals surface area contributed by atoms with Gasteiger partial charge in [-0.05, 0) is 13.3 Å². The van der Waals surface area contributed by atoms with Gasteiger partial charge in [0.25, 0.3) is 0 Å². The van der Waals surface area contributed by atoms with Crippen molar-refractivity contribution in [3.63, 3.8) is 0 Å². The number of amides is 1. The van der Waals surface area contributed by atoms with Crippen LogP contribution in [0.15, 0.2) is 0 Å². The van der Waals surface area contributed by atoms with Crippen LogP contribution in [0.3, 0.4) is 0 Å². The van der Waals surface area contributed by atoms with Gasteiger partial charge in [0.2, 0.25) is 5.91 Å². The molecule has 4 N–H and O–H groups in total. The highest BCUT2D eigenvalue weighted by molar-refractivity contribution is 5.78. The monoisotopic (exact) mass is 243 g/mol. The molecular weight excluding hydrogens is 218 g/mol. The van der Waals surface area contributed by atoms with E-state index in [0.29, 0.717) is 0 Å². The molecule has 3 atom stereocenters. The summed E-state index contributed by atoms with van der Waals surface area (Å²) in [7, 11) is 0. The molecule has 1 amide bonds. The van der Waals surface area contributed by atoms with Gasteiger partial charge in [0.1, 0.15) is 0 Å². The van der Waals surface area contributed by atoms with Gasteiger partial charge in [-0.25, -0.2) is 5.84 Å². The first-order valence-corrected chi connectivity index (χ1v) is 6.22. The van der Waals surface area contributed by atoms with Crippen LogP contribution in [0.1, 0.15) is 34.1 Å². The summed E-state index contributed by atoms with van der Waals surface area (Å²) in [6, 6.07) is 0.130. The van der Waals surface area contributed by atoms with Crippen molar-refractivity contribution >= 4 is 5.91 Å². The topological polar surface area (TPSA) is 78.6 Å². The van der Waals surface area contributed by atoms with Crippen molar-refractivity contribution < 1.29 is 9.90 Å². The van der Waals surface area contributed by atoms with Crippen LogP contribution in [-0.4, -0.2) is 41.1 Å². The number of nitrogens with two attached hydrogens (primary N) is 1. The molecular formula is C12H25N3O2. The van der Waals surface area contributed by atoms with Crippen molar-refractivity contribution in [2.75, 3.05) is 13.1 Å². The van der Waals surface area contributed by atoms with Gasteiger partial charge in [-0.2, -0.15) is 0 Å². The molecule has 1 heterocycles. The minimum atomic E-state index is -0.260. The second kappa shape index (κ2) is 5.33. The van der Waals surface area contributed by atoms with Gasteiger partial charge < -0.3 is 5.11 Å². The van der Waals surface area contributed by atoms with Crippen LogP contribution in [0, 0.1) is 11.3 Å². The van der Waals surface area contributed by atoms with Gasteiger partial charge in [-0.15, -0.1) is 0 Å². The zero-order valence-electron chi connectivity index (χ0n) is 11.2. The summed E-state index contributed by atoms with van der Waals surface area (Å²) < 4.78 is 0. The first kappa shape index (κ1) is 14.4. The fraction of sp³-hybridized carbons (Fsp3) is 0.917. The lowest BCUT2D eigenvalue weighted by Gasteiger charge is -2.45. The Kier molecular flexibility index (Phi) is 4.52. The van der Waals surface area contributed by atoms with Crippen LogP contribution in [0.4, 0.5) is 0 Å². The second-order valence-electron chi connectivity index (χ2n) is 5.80. The summed E-state index contributed by atoms with van der Waals surface area (Å²) in [6.07, 6.45) is 0.499. The minimum absolute atomic E-state index is 0.120. The molecule has 3 unspecified atom stereocenters. The average Bonchev–Trinajstić information content (AvgIpc) is 2.29. The number of carbonyl (C=O) groups is 1. The lowest BCUT2D eigenvalue weighted by molar-refractivity contribution is -0.127. The number of aliphatic hydroxyl groups excluding tert-OH is 1. The molecule has 1 aliphatic heterocycles. The number of nitrogens with one attached hydrogen (secondary N) is 1. The summed E-state index contributed by atoms with van der Waals surface area (Å²) in [6.45, 7) is 9.67. The van der Waals surface area contributed by atoms with Crippen LogP contribution in [0.25, 0.3) is 0 Å². The van der Waals surface area contributed by atoms with Crippen LogP contribution in [0.5, 0.6) is 0 Å². The van der Waals surface area contributed by atoms with Gasteiger partial charge in [0, 0.05) is 24.5 Å². The van der Waals surface area contributed by atoms with Gasteiger partial charge in [0.15, 0.2) is 0 Å². The Morgan fingerprint density at radius 3 is 2.59 bits per heavy atom. The molecule has 1 saturated heterocycles.